The molecule has 0 radical (unpaired) electrons. The second kappa shape index (κ2) is 8.99. The van der Waals surface area contributed by atoms with Gasteiger partial charge in [0, 0.05) is 37.0 Å². The molecular weight excluding hydrogens is 378 g/mol. The number of amides is 2. The molecule has 150 valence electrons. The third-order valence-corrected chi connectivity index (χ3v) is 6.43. The van der Waals surface area contributed by atoms with E-state index in [1.807, 2.05) is 0 Å². The highest BCUT2D eigenvalue weighted by Gasteiger charge is 2.24. The van der Waals surface area contributed by atoms with Gasteiger partial charge in [0.25, 0.3) is 5.91 Å². The first-order valence-corrected chi connectivity index (χ1v) is 10.4. The molecule has 0 saturated carbocycles. The number of aryl methyl sites for hydroxylation is 1. The van der Waals surface area contributed by atoms with Gasteiger partial charge in [0.1, 0.15) is 0 Å². The van der Waals surface area contributed by atoms with Crippen LogP contribution in [0.1, 0.15) is 36.7 Å². The maximum absolute atomic E-state index is 12.8. The average Bonchev–Trinajstić information content (AvgIpc) is 2.64. The number of nitrogens with one attached hydrogen (secondary N) is 2. The Bertz CT molecular complexity index is 965. The van der Waals surface area contributed by atoms with Crippen molar-refractivity contribution in [3.05, 3.63) is 53.6 Å². The molecule has 0 bridgehead atoms. The third kappa shape index (κ3) is 4.96. The molecule has 2 amide bonds. The van der Waals surface area contributed by atoms with Gasteiger partial charge in [-0.05, 0) is 48.9 Å². The Labute approximate surface area is 165 Å². The minimum absolute atomic E-state index is 0.176. The van der Waals surface area contributed by atoms with Gasteiger partial charge in [0.05, 0.1) is 4.90 Å². The van der Waals surface area contributed by atoms with Crippen molar-refractivity contribution in [1.82, 2.24) is 4.31 Å². The van der Waals surface area contributed by atoms with E-state index in [4.69, 9.17) is 0 Å². The fourth-order valence-corrected chi connectivity index (χ4v) is 4.48. The molecule has 2 aromatic carbocycles. The molecule has 2 N–H and O–H groups in total. The van der Waals surface area contributed by atoms with Crippen molar-refractivity contribution in [2.75, 3.05) is 23.7 Å². The molecular formula is C20H25N3O4S. The summed E-state index contributed by atoms with van der Waals surface area (Å²) in [4.78, 5) is 23.7. The van der Waals surface area contributed by atoms with Crippen molar-refractivity contribution in [1.29, 1.82) is 0 Å². The minimum Gasteiger partial charge on any atom is -0.326 e. The Morgan fingerprint density at radius 1 is 0.929 bits per heavy atom. The number of carbonyl (C=O) groups is 2. The van der Waals surface area contributed by atoms with Crippen molar-refractivity contribution in [3.8, 4) is 0 Å². The van der Waals surface area contributed by atoms with Crippen LogP contribution in [0.2, 0.25) is 0 Å². The molecule has 0 spiro atoms. The van der Waals surface area contributed by atoms with E-state index in [0.717, 1.165) is 0 Å². The molecule has 2 rings (SSSR count). The monoisotopic (exact) mass is 403 g/mol. The van der Waals surface area contributed by atoms with Crippen LogP contribution in [0.3, 0.4) is 0 Å². The van der Waals surface area contributed by atoms with Crippen molar-refractivity contribution < 1.29 is 18.0 Å². The predicted molar refractivity (Wildman–Crippen MR) is 110 cm³/mol. The molecule has 28 heavy (non-hydrogen) atoms. The number of benzene rings is 2. The van der Waals surface area contributed by atoms with E-state index in [9.17, 15) is 18.0 Å². The van der Waals surface area contributed by atoms with Gasteiger partial charge in [-0.1, -0.05) is 19.9 Å². The van der Waals surface area contributed by atoms with Gasteiger partial charge >= 0.3 is 0 Å². The first kappa shape index (κ1) is 21.6. The summed E-state index contributed by atoms with van der Waals surface area (Å²) in [7, 11) is -3.63. The van der Waals surface area contributed by atoms with Gasteiger partial charge in [-0.2, -0.15) is 4.31 Å². The maximum Gasteiger partial charge on any atom is 0.255 e. The van der Waals surface area contributed by atoms with Gasteiger partial charge in [-0.25, -0.2) is 8.42 Å². The van der Waals surface area contributed by atoms with Crippen LogP contribution in [0.15, 0.2) is 47.4 Å². The van der Waals surface area contributed by atoms with Crippen LogP contribution in [0, 0.1) is 6.92 Å². The Kier molecular flexibility index (Phi) is 6.93. The zero-order chi connectivity index (χ0) is 20.9. The quantitative estimate of drug-likeness (QED) is 0.742. The van der Waals surface area contributed by atoms with Crippen LogP contribution in [0.4, 0.5) is 11.4 Å². The molecule has 0 heterocycles. The predicted octanol–water partition coefficient (Wildman–Crippen LogP) is 3.24. The molecule has 2 aromatic rings. The van der Waals surface area contributed by atoms with E-state index < -0.39 is 10.0 Å². The van der Waals surface area contributed by atoms with E-state index in [0.29, 0.717) is 35.6 Å². The summed E-state index contributed by atoms with van der Waals surface area (Å²) in [6.07, 6.45) is 0. The summed E-state index contributed by atoms with van der Waals surface area (Å²) in [6, 6.07) is 11.2. The fraction of sp³-hybridized carbons (Fsp3) is 0.300. The van der Waals surface area contributed by atoms with Crippen molar-refractivity contribution in [3.63, 3.8) is 0 Å². The minimum atomic E-state index is -3.63. The molecule has 0 aliphatic carbocycles. The summed E-state index contributed by atoms with van der Waals surface area (Å²) in [5, 5.41) is 5.35. The molecule has 0 aromatic heterocycles. The van der Waals surface area contributed by atoms with Gasteiger partial charge in [-0.15, -0.1) is 0 Å². The number of hydrogen-bond acceptors (Lipinski definition) is 4. The second-order valence-corrected chi connectivity index (χ2v) is 8.19. The molecule has 0 atom stereocenters. The Morgan fingerprint density at radius 3 is 2.04 bits per heavy atom. The number of carbonyl (C=O) groups excluding carboxylic acids is 2. The maximum atomic E-state index is 12.8. The molecule has 0 fully saturated rings. The molecule has 7 nitrogen and oxygen atoms in total. The number of nitrogens with zero attached hydrogens (tertiary/aromatic N) is 1. The van der Waals surface area contributed by atoms with Gasteiger partial charge in [-0.3, -0.25) is 9.59 Å². The standard InChI is InChI=1S/C20H25N3O4S/c1-5-23(6-2)28(26,27)19-13-18(10-7-14(19)3)22-20(25)16-8-11-17(12-9-16)21-15(4)24/h7-13H,5-6H2,1-4H3,(H,21,24)(H,22,25). The highest BCUT2D eigenvalue weighted by molar-refractivity contribution is 7.89. The van der Waals surface area contributed by atoms with Crippen LogP contribution in [0.25, 0.3) is 0 Å². The van der Waals surface area contributed by atoms with Crippen molar-refractivity contribution in [2.24, 2.45) is 0 Å². The summed E-state index contributed by atoms with van der Waals surface area (Å²) < 4.78 is 27.0. The van der Waals surface area contributed by atoms with Gasteiger partial charge in [0.15, 0.2) is 0 Å². The lowest BCUT2D eigenvalue weighted by atomic mass is 10.1. The number of rotatable bonds is 7. The lowest BCUT2D eigenvalue weighted by Crippen LogP contribution is -2.31. The van der Waals surface area contributed by atoms with E-state index in [1.54, 1.807) is 57.2 Å². The highest BCUT2D eigenvalue weighted by Crippen LogP contribution is 2.24. The first-order valence-electron chi connectivity index (χ1n) is 8.98. The summed E-state index contributed by atoms with van der Waals surface area (Å²) in [5.41, 5.74) is 1.99. The van der Waals surface area contributed by atoms with Crippen LogP contribution < -0.4 is 10.6 Å². The average molecular weight is 404 g/mol. The smallest absolute Gasteiger partial charge is 0.255 e. The summed E-state index contributed by atoms with van der Waals surface area (Å²) in [6.45, 7) is 7.44. The number of anilines is 2. The number of sulfonamides is 1. The zero-order valence-corrected chi connectivity index (χ0v) is 17.3. The molecule has 0 aliphatic heterocycles. The van der Waals surface area contributed by atoms with Crippen molar-refractivity contribution >= 4 is 33.2 Å². The number of hydrogen-bond donors (Lipinski definition) is 2. The van der Waals surface area contributed by atoms with Crippen molar-refractivity contribution in [2.45, 2.75) is 32.6 Å². The van der Waals surface area contributed by atoms with Crippen LogP contribution in [-0.2, 0) is 14.8 Å². The van der Waals surface area contributed by atoms with E-state index in [2.05, 4.69) is 10.6 Å². The second-order valence-electron chi connectivity index (χ2n) is 6.28. The third-order valence-electron chi connectivity index (χ3n) is 4.24. The van der Waals surface area contributed by atoms with E-state index in [1.165, 1.54) is 17.3 Å². The normalized spacial score (nSPS) is 11.3. The Morgan fingerprint density at radius 2 is 1.50 bits per heavy atom. The molecule has 8 heteroatoms. The van der Waals surface area contributed by atoms with Gasteiger partial charge in [0.2, 0.25) is 15.9 Å². The van der Waals surface area contributed by atoms with E-state index in [-0.39, 0.29) is 16.7 Å². The Hall–Kier alpha value is -2.71. The van der Waals surface area contributed by atoms with Crippen LogP contribution >= 0.6 is 0 Å². The fourth-order valence-electron chi connectivity index (χ4n) is 2.77. The SMILES string of the molecule is CCN(CC)S(=O)(=O)c1cc(NC(=O)c2ccc(NC(C)=O)cc2)ccc1C. The molecule has 0 aliphatic rings. The lowest BCUT2D eigenvalue weighted by molar-refractivity contribution is -0.114. The largest absolute Gasteiger partial charge is 0.326 e. The topological polar surface area (TPSA) is 95.6 Å². The Balaban J connectivity index is 2.25. The van der Waals surface area contributed by atoms with Crippen LogP contribution in [-0.4, -0.2) is 37.6 Å². The zero-order valence-electron chi connectivity index (χ0n) is 16.4. The van der Waals surface area contributed by atoms with Gasteiger partial charge < -0.3 is 10.6 Å². The lowest BCUT2D eigenvalue weighted by Gasteiger charge is -2.20. The summed E-state index contributed by atoms with van der Waals surface area (Å²) in [5.74, 6) is -0.566. The first-order chi connectivity index (χ1) is 13.2. The molecule has 0 unspecified atom stereocenters. The molecule has 0 saturated heterocycles. The highest BCUT2D eigenvalue weighted by atomic mass is 32.2. The van der Waals surface area contributed by atoms with Crippen LogP contribution in [0.5, 0.6) is 0 Å². The summed E-state index contributed by atoms with van der Waals surface area (Å²) >= 11 is 0. The van der Waals surface area contributed by atoms with E-state index >= 15 is 0 Å².